The van der Waals surface area contributed by atoms with Crippen LogP contribution < -0.4 is 5.32 Å². The maximum atomic E-state index is 11.0. The van der Waals surface area contributed by atoms with Gasteiger partial charge in [0, 0.05) is 24.5 Å². The summed E-state index contributed by atoms with van der Waals surface area (Å²) in [6, 6.07) is 17.7. The van der Waals surface area contributed by atoms with Crippen LogP contribution in [0.25, 0.3) is 5.69 Å². The fraction of sp³-hybridized carbons (Fsp3) is 0.0500. The first kappa shape index (κ1) is 17.2. The van der Waals surface area contributed by atoms with Crippen molar-refractivity contribution >= 4 is 29.5 Å². The molecule has 0 atom stereocenters. The second-order valence-corrected chi connectivity index (χ2v) is 5.64. The number of carbonyl (C=O) groups is 2. The number of hydrogen-bond donors (Lipinski definition) is 2. The van der Waals surface area contributed by atoms with E-state index in [0.717, 1.165) is 22.8 Å². The number of carboxylic acid groups (broad SMARTS) is 1. The van der Waals surface area contributed by atoms with Gasteiger partial charge in [0.25, 0.3) is 0 Å². The molecule has 2 aromatic carbocycles. The van der Waals surface area contributed by atoms with Crippen LogP contribution in [0.5, 0.6) is 0 Å². The monoisotopic (exact) mass is 347 g/mol. The summed E-state index contributed by atoms with van der Waals surface area (Å²) in [6.45, 7) is 1.46. The highest BCUT2D eigenvalue weighted by Crippen LogP contribution is 2.18. The van der Waals surface area contributed by atoms with E-state index in [9.17, 15) is 9.59 Å². The average Bonchev–Trinajstić information content (AvgIpc) is 3.09. The molecule has 0 bridgehead atoms. The van der Waals surface area contributed by atoms with Crippen molar-refractivity contribution in [3.63, 3.8) is 0 Å². The molecule has 0 unspecified atom stereocenters. The summed E-state index contributed by atoms with van der Waals surface area (Å²) in [4.78, 5) is 26.4. The minimum atomic E-state index is -0.950. The third-order valence-electron chi connectivity index (χ3n) is 3.71. The summed E-state index contributed by atoms with van der Waals surface area (Å²) >= 11 is 0. The molecule has 1 heterocycles. The van der Waals surface area contributed by atoms with Gasteiger partial charge in [-0.25, -0.2) is 4.79 Å². The number of aliphatic imine (C=N–C) groups is 1. The van der Waals surface area contributed by atoms with Crippen LogP contribution in [0, 0.1) is 0 Å². The van der Waals surface area contributed by atoms with Crippen molar-refractivity contribution in [1.29, 1.82) is 0 Å². The van der Waals surface area contributed by atoms with Crippen LogP contribution in [-0.4, -0.2) is 27.8 Å². The number of carbonyl (C=O) groups excluding carboxylic acids is 1. The number of nitrogens with zero attached hydrogens (tertiary/aromatic N) is 2. The smallest absolute Gasteiger partial charge is 0.335 e. The maximum Gasteiger partial charge on any atom is 0.335 e. The SMILES string of the molecule is CC(=O)Nc1ccc(N=Cc2cccn2-c2ccc(C(=O)O)cc2)cc1. The maximum absolute atomic E-state index is 11.0. The fourth-order valence-electron chi connectivity index (χ4n) is 2.47. The van der Waals surface area contributed by atoms with Gasteiger partial charge in [0.2, 0.25) is 5.91 Å². The third kappa shape index (κ3) is 4.05. The number of amides is 1. The molecule has 0 aliphatic heterocycles. The number of aromatic nitrogens is 1. The lowest BCUT2D eigenvalue weighted by Gasteiger charge is -2.06. The van der Waals surface area contributed by atoms with Crippen LogP contribution >= 0.6 is 0 Å². The van der Waals surface area contributed by atoms with Crippen molar-refractivity contribution in [1.82, 2.24) is 4.57 Å². The third-order valence-corrected chi connectivity index (χ3v) is 3.71. The zero-order chi connectivity index (χ0) is 18.5. The Hall–Kier alpha value is -3.67. The zero-order valence-electron chi connectivity index (χ0n) is 14.1. The number of benzene rings is 2. The molecule has 0 aliphatic rings. The molecule has 1 amide bonds. The summed E-state index contributed by atoms with van der Waals surface area (Å²) in [5.74, 6) is -1.07. The van der Waals surface area contributed by atoms with Crippen molar-refractivity contribution in [2.24, 2.45) is 4.99 Å². The molecule has 130 valence electrons. The molecule has 3 aromatic rings. The van der Waals surface area contributed by atoms with Gasteiger partial charge in [-0.2, -0.15) is 0 Å². The Morgan fingerprint density at radius 1 is 1.04 bits per heavy atom. The number of rotatable bonds is 5. The quantitative estimate of drug-likeness (QED) is 0.687. The highest BCUT2D eigenvalue weighted by atomic mass is 16.4. The highest BCUT2D eigenvalue weighted by Gasteiger charge is 2.05. The van der Waals surface area contributed by atoms with Gasteiger partial charge in [-0.15, -0.1) is 0 Å². The standard InChI is InChI=1S/C20H17N3O3/c1-14(24)22-17-8-6-16(7-9-17)21-13-19-3-2-12-23(19)18-10-4-15(5-11-18)20(25)26/h2-13H,1H3,(H,22,24)(H,25,26). The average molecular weight is 347 g/mol. The normalized spacial score (nSPS) is 10.8. The van der Waals surface area contributed by atoms with Gasteiger partial charge in [0.15, 0.2) is 0 Å². The van der Waals surface area contributed by atoms with Crippen LogP contribution in [0.15, 0.2) is 71.9 Å². The van der Waals surface area contributed by atoms with Crippen LogP contribution in [0.4, 0.5) is 11.4 Å². The summed E-state index contributed by atoms with van der Waals surface area (Å²) in [5, 5.41) is 11.7. The van der Waals surface area contributed by atoms with E-state index in [1.807, 2.05) is 35.0 Å². The second-order valence-electron chi connectivity index (χ2n) is 5.64. The molecule has 1 aromatic heterocycles. The van der Waals surface area contributed by atoms with E-state index in [2.05, 4.69) is 10.3 Å². The molecule has 2 N–H and O–H groups in total. The molecule has 0 saturated carbocycles. The first-order chi connectivity index (χ1) is 12.5. The van der Waals surface area contributed by atoms with Gasteiger partial charge in [-0.3, -0.25) is 9.79 Å². The number of anilines is 1. The zero-order valence-corrected chi connectivity index (χ0v) is 14.1. The van der Waals surface area contributed by atoms with E-state index in [1.165, 1.54) is 6.92 Å². The Kier molecular flexibility index (Phi) is 4.94. The number of carboxylic acids is 1. The summed E-state index contributed by atoms with van der Waals surface area (Å²) in [6.07, 6.45) is 3.62. The van der Waals surface area contributed by atoms with Crippen molar-refractivity contribution in [3.8, 4) is 5.69 Å². The summed E-state index contributed by atoms with van der Waals surface area (Å²) in [7, 11) is 0. The predicted octanol–water partition coefficient (Wildman–Crippen LogP) is 3.88. The molecule has 26 heavy (non-hydrogen) atoms. The van der Waals surface area contributed by atoms with Crippen LogP contribution in [0.2, 0.25) is 0 Å². The first-order valence-corrected chi connectivity index (χ1v) is 7.96. The molecular weight excluding hydrogens is 330 g/mol. The fourth-order valence-corrected chi connectivity index (χ4v) is 2.47. The lowest BCUT2D eigenvalue weighted by atomic mass is 10.2. The minimum Gasteiger partial charge on any atom is -0.478 e. The number of aromatic carboxylic acids is 1. The molecule has 0 saturated heterocycles. The first-order valence-electron chi connectivity index (χ1n) is 7.96. The molecule has 0 spiro atoms. The highest BCUT2D eigenvalue weighted by molar-refractivity contribution is 5.89. The van der Waals surface area contributed by atoms with Gasteiger partial charge < -0.3 is 15.0 Å². The minimum absolute atomic E-state index is 0.118. The van der Waals surface area contributed by atoms with E-state index < -0.39 is 5.97 Å². The van der Waals surface area contributed by atoms with E-state index >= 15 is 0 Å². The Morgan fingerprint density at radius 3 is 2.35 bits per heavy atom. The van der Waals surface area contributed by atoms with E-state index in [0.29, 0.717) is 0 Å². The largest absolute Gasteiger partial charge is 0.478 e. The topological polar surface area (TPSA) is 83.7 Å². The molecule has 3 rings (SSSR count). The van der Waals surface area contributed by atoms with Crippen LogP contribution in [0.1, 0.15) is 23.0 Å². The Balaban J connectivity index is 1.79. The Morgan fingerprint density at radius 2 is 1.73 bits per heavy atom. The molecule has 0 aliphatic carbocycles. The Labute approximate surface area is 150 Å². The molecule has 0 radical (unpaired) electrons. The lowest BCUT2D eigenvalue weighted by molar-refractivity contribution is -0.114. The van der Waals surface area contributed by atoms with Gasteiger partial charge in [0.05, 0.1) is 23.2 Å². The Bertz CT molecular complexity index is 955. The van der Waals surface area contributed by atoms with Crippen molar-refractivity contribution in [3.05, 3.63) is 78.1 Å². The number of nitrogens with one attached hydrogen (secondary N) is 1. The van der Waals surface area contributed by atoms with Gasteiger partial charge in [-0.1, -0.05) is 0 Å². The van der Waals surface area contributed by atoms with E-state index in [-0.39, 0.29) is 11.5 Å². The van der Waals surface area contributed by atoms with Crippen molar-refractivity contribution in [2.45, 2.75) is 6.92 Å². The molecule has 6 nitrogen and oxygen atoms in total. The summed E-state index contributed by atoms with van der Waals surface area (Å²) < 4.78 is 1.92. The van der Waals surface area contributed by atoms with Gasteiger partial charge in [-0.05, 0) is 60.7 Å². The van der Waals surface area contributed by atoms with E-state index in [4.69, 9.17) is 5.11 Å². The molecule has 0 fully saturated rings. The number of hydrogen-bond acceptors (Lipinski definition) is 3. The predicted molar refractivity (Wildman–Crippen MR) is 101 cm³/mol. The van der Waals surface area contributed by atoms with E-state index in [1.54, 1.807) is 42.6 Å². The molecular formula is C20H17N3O3. The van der Waals surface area contributed by atoms with Crippen molar-refractivity contribution < 1.29 is 14.7 Å². The van der Waals surface area contributed by atoms with Crippen molar-refractivity contribution in [2.75, 3.05) is 5.32 Å². The van der Waals surface area contributed by atoms with Gasteiger partial charge >= 0.3 is 5.97 Å². The van der Waals surface area contributed by atoms with Crippen LogP contribution in [-0.2, 0) is 4.79 Å². The summed E-state index contributed by atoms with van der Waals surface area (Å²) in [5.41, 5.74) is 3.43. The lowest BCUT2D eigenvalue weighted by Crippen LogP contribution is -2.04. The van der Waals surface area contributed by atoms with Gasteiger partial charge in [0.1, 0.15) is 0 Å². The molecule has 6 heteroatoms. The second kappa shape index (κ2) is 7.48. The van der Waals surface area contributed by atoms with Crippen LogP contribution in [0.3, 0.4) is 0 Å².